The van der Waals surface area contributed by atoms with Gasteiger partial charge in [-0.2, -0.15) is 0 Å². The molecule has 6 nitrogen and oxygen atoms in total. The van der Waals surface area contributed by atoms with E-state index in [0.717, 1.165) is 24.1 Å². The maximum absolute atomic E-state index is 13.3. The Hall–Kier alpha value is -2.25. The first-order valence-electron chi connectivity index (χ1n) is 9.74. The van der Waals surface area contributed by atoms with Crippen LogP contribution in [-0.2, 0) is 14.3 Å². The fraction of sp³-hybridized carbons (Fsp3) is 0.476. The molecule has 2 atom stereocenters. The largest absolute Gasteiger partial charge is 0.376 e. The molecule has 0 saturated carbocycles. The Bertz CT molecular complexity index is 787. The lowest BCUT2D eigenvalue weighted by Gasteiger charge is -2.28. The van der Waals surface area contributed by atoms with E-state index in [2.05, 4.69) is 10.3 Å². The molecule has 150 valence electrons. The fourth-order valence-electron chi connectivity index (χ4n) is 3.47. The zero-order valence-corrected chi connectivity index (χ0v) is 17.2. The monoisotopic (exact) mass is 401 g/mol. The van der Waals surface area contributed by atoms with Crippen LogP contribution >= 0.6 is 11.3 Å². The van der Waals surface area contributed by atoms with Crippen molar-refractivity contribution < 1.29 is 14.3 Å². The van der Waals surface area contributed by atoms with Crippen LogP contribution in [0.3, 0.4) is 0 Å². The van der Waals surface area contributed by atoms with Gasteiger partial charge in [0.15, 0.2) is 5.13 Å². The van der Waals surface area contributed by atoms with Crippen LogP contribution < -0.4 is 5.32 Å². The average molecular weight is 402 g/mol. The second-order valence-corrected chi connectivity index (χ2v) is 7.93. The summed E-state index contributed by atoms with van der Waals surface area (Å²) in [7, 11) is 0. The van der Waals surface area contributed by atoms with Gasteiger partial charge in [-0.3, -0.25) is 9.59 Å². The number of ether oxygens (including phenoxy) is 1. The van der Waals surface area contributed by atoms with Crippen molar-refractivity contribution in [1.29, 1.82) is 0 Å². The van der Waals surface area contributed by atoms with Crippen LogP contribution in [0.15, 0.2) is 35.7 Å². The lowest BCUT2D eigenvalue weighted by atomic mass is 9.94. The molecular weight excluding hydrogens is 374 g/mol. The van der Waals surface area contributed by atoms with Crippen LogP contribution in [-0.4, -0.2) is 47.5 Å². The van der Waals surface area contributed by atoms with Crippen LogP contribution in [0.4, 0.5) is 5.13 Å². The number of rotatable bonds is 8. The van der Waals surface area contributed by atoms with Gasteiger partial charge in [0.05, 0.1) is 17.7 Å². The number of carbonyl (C=O) groups is 2. The molecule has 0 spiro atoms. The summed E-state index contributed by atoms with van der Waals surface area (Å²) in [5, 5.41) is 5.24. The second kappa shape index (κ2) is 9.80. The van der Waals surface area contributed by atoms with Gasteiger partial charge in [0.1, 0.15) is 6.54 Å². The summed E-state index contributed by atoms with van der Waals surface area (Å²) in [6.45, 7) is 5.03. The number of anilines is 1. The van der Waals surface area contributed by atoms with E-state index in [1.165, 1.54) is 11.3 Å². The minimum atomic E-state index is -0.266. The predicted octanol–water partition coefficient (Wildman–Crippen LogP) is 3.59. The number of carbonyl (C=O) groups excluding carboxylic acids is 2. The Balaban J connectivity index is 1.73. The smallest absolute Gasteiger partial charge is 0.245 e. The molecule has 7 heteroatoms. The number of nitrogens with one attached hydrogen (secondary N) is 1. The van der Waals surface area contributed by atoms with Crippen molar-refractivity contribution in [2.75, 3.05) is 25.0 Å². The maximum Gasteiger partial charge on any atom is 0.245 e. The average Bonchev–Trinajstić information content (AvgIpc) is 3.34. The first kappa shape index (κ1) is 20.5. The Morgan fingerprint density at radius 1 is 1.36 bits per heavy atom. The van der Waals surface area contributed by atoms with Crippen LogP contribution in [0.25, 0.3) is 0 Å². The quantitative estimate of drug-likeness (QED) is 0.734. The summed E-state index contributed by atoms with van der Waals surface area (Å²) >= 11 is 1.38. The molecule has 1 N–H and O–H groups in total. The first-order chi connectivity index (χ1) is 13.6. The Labute approximate surface area is 169 Å². The summed E-state index contributed by atoms with van der Waals surface area (Å²) in [4.78, 5) is 31.8. The molecule has 0 radical (unpaired) electrons. The summed E-state index contributed by atoms with van der Waals surface area (Å²) in [5.74, 6) is -0.532. The van der Waals surface area contributed by atoms with Crippen molar-refractivity contribution in [3.05, 3.63) is 47.0 Å². The lowest BCUT2D eigenvalue weighted by Crippen LogP contribution is -2.44. The van der Waals surface area contributed by atoms with Crippen molar-refractivity contribution >= 4 is 28.3 Å². The summed E-state index contributed by atoms with van der Waals surface area (Å²) in [6, 6.07) is 9.75. The zero-order valence-electron chi connectivity index (χ0n) is 16.4. The maximum atomic E-state index is 13.3. The molecule has 2 amide bonds. The Kier molecular flexibility index (Phi) is 7.17. The summed E-state index contributed by atoms with van der Waals surface area (Å²) in [6.07, 6.45) is 2.58. The van der Waals surface area contributed by atoms with Crippen molar-refractivity contribution in [2.45, 2.75) is 45.1 Å². The normalized spacial score (nSPS) is 17.3. The third kappa shape index (κ3) is 5.39. The van der Waals surface area contributed by atoms with E-state index < -0.39 is 0 Å². The highest BCUT2D eigenvalue weighted by Gasteiger charge is 2.29. The number of hydrogen-bond donors (Lipinski definition) is 1. The van der Waals surface area contributed by atoms with Crippen LogP contribution in [0, 0.1) is 6.92 Å². The number of hydrogen-bond acceptors (Lipinski definition) is 5. The van der Waals surface area contributed by atoms with Gasteiger partial charge >= 0.3 is 0 Å². The molecule has 1 aromatic heterocycles. The molecule has 1 aliphatic heterocycles. The SMILES string of the molecule is CCC(C(=O)N(CC(=O)Nc1nc(C)cs1)CC1CCCO1)c1ccccc1. The van der Waals surface area contributed by atoms with Crippen LogP contribution in [0.2, 0.25) is 0 Å². The highest BCUT2D eigenvalue weighted by atomic mass is 32.1. The minimum absolute atomic E-state index is 0.000649. The van der Waals surface area contributed by atoms with Crippen molar-refractivity contribution in [3.8, 4) is 0 Å². The van der Waals surface area contributed by atoms with Gasteiger partial charge in [0, 0.05) is 18.5 Å². The molecule has 3 rings (SSSR count). The first-order valence-corrected chi connectivity index (χ1v) is 10.6. The van der Waals surface area contributed by atoms with Crippen molar-refractivity contribution in [3.63, 3.8) is 0 Å². The van der Waals surface area contributed by atoms with Gasteiger partial charge in [0.25, 0.3) is 0 Å². The number of aromatic nitrogens is 1. The highest BCUT2D eigenvalue weighted by Crippen LogP contribution is 2.24. The number of thiazole rings is 1. The molecule has 2 aromatic rings. The van der Waals surface area contributed by atoms with Gasteiger partial charge in [-0.05, 0) is 31.7 Å². The van der Waals surface area contributed by atoms with E-state index in [0.29, 0.717) is 24.7 Å². The third-order valence-corrected chi connectivity index (χ3v) is 5.74. The number of amides is 2. The number of nitrogens with zero attached hydrogens (tertiary/aromatic N) is 2. The van der Waals surface area contributed by atoms with Gasteiger partial charge in [-0.15, -0.1) is 11.3 Å². The standard InChI is InChI=1S/C21H27N3O3S/c1-3-18(16-8-5-4-6-9-16)20(26)24(12-17-10-7-11-27-17)13-19(25)23-21-22-15(2)14-28-21/h4-6,8-9,14,17-18H,3,7,10-13H2,1-2H3,(H,22,23,25). The molecule has 0 aliphatic carbocycles. The van der Waals surface area contributed by atoms with E-state index in [9.17, 15) is 9.59 Å². The molecule has 1 fully saturated rings. The van der Waals surface area contributed by atoms with Gasteiger partial charge < -0.3 is 15.0 Å². The molecule has 28 heavy (non-hydrogen) atoms. The topological polar surface area (TPSA) is 71.5 Å². The van der Waals surface area contributed by atoms with Gasteiger partial charge in [-0.1, -0.05) is 37.3 Å². The van der Waals surface area contributed by atoms with Crippen LogP contribution in [0.5, 0.6) is 0 Å². The number of benzene rings is 1. The summed E-state index contributed by atoms with van der Waals surface area (Å²) < 4.78 is 5.72. The van der Waals surface area contributed by atoms with Gasteiger partial charge in [-0.25, -0.2) is 4.98 Å². The zero-order chi connectivity index (χ0) is 19.9. The van der Waals surface area contributed by atoms with E-state index in [-0.39, 0.29) is 30.4 Å². The van der Waals surface area contributed by atoms with Crippen molar-refractivity contribution in [1.82, 2.24) is 9.88 Å². The van der Waals surface area contributed by atoms with E-state index >= 15 is 0 Å². The van der Waals surface area contributed by atoms with Gasteiger partial charge in [0.2, 0.25) is 11.8 Å². The molecule has 2 heterocycles. The van der Waals surface area contributed by atoms with E-state index in [1.54, 1.807) is 4.90 Å². The molecule has 1 saturated heterocycles. The van der Waals surface area contributed by atoms with Crippen molar-refractivity contribution in [2.24, 2.45) is 0 Å². The molecule has 2 unspecified atom stereocenters. The molecule has 1 aromatic carbocycles. The van der Waals surface area contributed by atoms with E-state index in [1.807, 2.05) is 49.6 Å². The van der Waals surface area contributed by atoms with Crippen LogP contribution in [0.1, 0.15) is 43.4 Å². The second-order valence-electron chi connectivity index (χ2n) is 7.07. The summed E-state index contributed by atoms with van der Waals surface area (Å²) in [5.41, 5.74) is 1.84. The molecule has 0 bridgehead atoms. The lowest BCUT2D eigenvalue weighted by molar-refractivity contribution is -0.137. The fourth-order valence-corrected chi connectivity index (χ4v) is 4.17. The minimum Gasteiger partial charge on any atom is -0.376 e. The Morgan fingerprint density at radius 2 is 2.14 bits per heavy atom. The predicted molar refractivity (Wildman–Crippen MR) is 111 cm³/mol. The number of aryl methyl sites for hydroxylation is 1. The molecular formula is C21H27N3O3S. The third-order valence-electron chi connectivity index (χ3n) is 4.87. The Morgan fingerprint density at radius 3 is 2.75 bits per heavy atom. The highest BCUT2D eigenvalue weighted by molar-refractivity contribution is 7.13. The van der Waals surface area contributed by atoms with E-state index in [4.69, 9.17) is 4.74 Å². The molecule has 1 aliphatic rings.